The highest BCUT2D eigenvalue weighted by Crippen LogP contribution is 2.27. The summed E-state index contributed by atoms with van der Waals surface area (Å²) in [6.45, 7) is 6.92. The van der Waals surface area contributed by atoms with Gasteiger partial charge in [-0.15, -0.1) is 0 Å². The molecular formula is C18H27FN2O2. The maximum atomic E-state index is 12.9. The quantitative estimate of drug-likeness (QED) is 0.769. The van der Waals surface area contributed by atoms with Crippen LogP contribution >= 0.6 is 0 Å². The van der Waals surface area contributed by atoms with Crippen molar-refractivity contribution < 1.29 is 13.9 Å². The maximum Gasteiger partial charge on any atom is 0.123 e. The fraction of sp³-hybridized carbons (Fsp3) is 0.667. The van der Waals surface area contributed by atoms with Crippen molar-refractivity contribution in [1.82, 2.24) is 9.80 Å². The molecule has 0 radical (unpaired) electrons. The average molecular weight is 322 g/mol. The van der Waals surface area contributed by atoms with Crippen molar-refractivity contribution in [3.05, 3.63) is 30.1 Å². The Balaban J connectivity index is 1.46. The Morgan fingerprint density at radius 3 is 2.65 bits per heavy atom. The lowest BCUT2D eigenvalue weighted by atomic mass is 9.95. The largest absolute Gasteiger partial charge is 0.492 e. The van der Waals surface area contributed by atoms with Crippen LogP contribution in [0.25, 0.3) is 0 Å². The van der Waals surface area contributed by atoms with Gasteiger partial charge in [0, 0.05) is 45.9 Å². The summed E-state index contributed by atoms with van der Waals surface area (Å²) in [5, 5.41) is 0. The van der Waals surface area contributed by atoms with E-state index in [9.17, 15) is 4.39 Å². The van der Waals surface area contributed by atoms with Crippen LogP contribution in [0, 0.1) is 11.7 Å². The highest BCUT2D eigenvalue weighted by atomic mass is 19.1. The topological polar surface area (TPSA) is 24.9 Å². The highest BCUT2D eigenvalue weighted by molar-refractivity contribution is 5.21. The first-order valence-corrected chi connectivity index (χ1v) is 8.58. The van der Waals surface area contributed by atoms with E-state index in [4.69, 9.17) is 9.47 Å². The van der Waals surface area contributed by atoms with Gasteiger partial charge in [0.25, 0.3) is 0 Å². The molecule has 23 heavy (non-hydrogen) atoms. The van der Waals surface area contributed by atoms with Crippen LogP contribution in [0.15, 0.2) is 24.3 Å². The Labute approximate surface area is 138 Å². The fourth-order valence-electron chi connectivity index (χ4n) is 3.76. The minimum Gasteiger partial charge on any atom is -0.492 e. The molecule has 3 fully saturated rings. The molecule has 2 bridgehead atoms. The molecule has 0 aromatic heterocycles. The third-order valence-electron chi connectivity index (χ3n) is 4.98. The van der Waals surface area contributed by atoms with Crippen LogP contribution in [-0.2, 0) is 4.74 Å². The number of nitrogens with zero attached hydrogens (tertiary/aromatic N) is 2. The van der Waals surface area contributed by atoms with Crippen LogP contribution in [0.5, 0.6) is 5.75 Å². The number of hydrogen-bond acceptors (Lipinski definition) is 4. The molecule has 0 unspecified atom stereocenters. The van der Waals surface area contributed by atoms with E-state index in [0.717, 1.165) is 44.5 Å². The van der Waals surface area contributed by atoms with Gasteiger partial charge < -0.3 is 9.47 Å². The van der Waals surface area contributed by atoms with Gasteiger partial charge in [0.2, 0.25) is 0 Å². The van der Waals surface area contributed by atoms with Crippen molar-refractivity contribution in [3.8, 4) is 5.75 Å². The molecule has 2 atom stereocenters. The van der Waals surface area contributed by atoms with Crippen molar-refractivity contribution in [3.63, 3.8) is 0 Å². The molecule has 128 valence electrons. The predicted octanol–water partition coefficient (Wildman–Crippen LogP) is 2.25. The molecule has 3 heterocycles. The van der Waals surface area contributed by atoms with Gasteiger partial charge in [-0.25, -0.2) is 4.39 Å². The van der Waals surface area contributed by atoms with E-state index in [1.165, 1.54) is 31.5 Å². The average Bonchev–Trinajstić information content (AvgIpc) is 2.85. The van der Waals surface area contributed by atoms with Gasteiger partial charge in [-0.05, 0) is 43.0 Å². The molecule has 0 N–H and O–H groups in total. The van der Waals surface area contributed by atoms with Gasteiger partial charge in [-0.1, -0.05) is 0 Å². The van der Waals surface area contributed by atoms with E-state index in [2.05, 4.69) is 9.80 Å². The van der Waals surface area contributed by atoms with Crippen LogP contribution in [0.4, 0.5) is 4.39 Å². The minimum absolute atomic E-state index is 0.224. The van der Waals surface area contributed by atoms with Gasteiger partial charge in [0.1, 0.15) is 18.2 Å². The SMILES string of the molecule is COCCN1C[C@@H]2CC[C@H]1CN(CCOc1ccc(F)cc1)C2. The lowest BCUT2D eigenvalue weighted by molar-refractivity contribution is 0.0865. The Morgan fingerprint density at radius 2 is 1.87 bits per heavy atom. The second-order valence-electron chi connectivity index (χ2n) is 6.65. The van der Waals surface area contributed by atoms with Crippen molar-refractivity contribution in [2.45, 2.75) is 18.9 Å². The number of piperidine rings is 1. The standard InChI is InChI=1S/C18H27FN2O2/c1-22-10-9-21-13-15-2-5-17(21)14-20(12-15)8-11-23-18-6-3-16(19)4-7-18/h3-4,6-7,15,17H,2,5,8-14H2,1H3/t15-,17+/m1/s1. The van der Waals surface area contributed by atoms with Crippen molar-refractivity contribution in [2.75, 3.05) is 53.0 Å². The monoisotopic (exact) mass is 322 g/mol. The molecule has 0 spiro atoms. The van der Waals surface area contributed by atoms with Gasteiger partial charge >= 0.3 is 0 Å². The second-order valence-corrected chi connectivity index (χ2v) is 6.65. The zero-order valence-corrected chi connectivity index (χ0v) is 13.9. The van der Waals surface area contributed by atoms with Crippen molar-refractivity contribution in [2.24, 2.45) is 5.92 Å². The smallest absolute Gasteiger partial charge is 0.123 e. The van der Waals surface area contributed by atoms with Gasteiger partial charge in [-0.3, -0.25) is 9.80 Å². The summed E-state index contributed by atoms with van der Waals surface area (Å²) in [7, 11) is 1.77. The van der Waals surface area contributed by atoms with Crippen LogP contribution < -0.4 is 4.74 Å². The minimum atomic E-state index is -0.224. The second kappa shape index (κ2) is 8.08. The Kier molecular flexibility index (Phi) is 5.86. The van der Waals surface area contributed by atoms with Gasteiger partial charge in [0.15, 0.2) is 0 Å². The molecule has 3 aliphatic rings. The number of hydrogen-bond donors (Lipinski definition) is 0. The summed E-state index contributed by atoms with van der Waals surface area (Å²) >= 11 is 0. The van der Waals surface area contributed by atoms with E-state index < -0.39 is 0 Å². The number of ether oxygens (including phenoxy) is 2. The summed E-state index contributed by atoms with van der Waals surface area (Å²) in [4.78, 5) is 5.12. The van der Waals surface area contributed by atoms with Crippen molar-refractivity contribution >= 4 is 0 Å². The van der Waals surface area contributed by atoms with Crippen LogP contribution in [-0.4, -0.2) is 68.9 Å². The summed E-state index contributed by atoms with van der Waals surface area (Å²) < 4.78 is 23.9. The third kappa shape index (κ3) is 4.66. The Hall–Kier alpha value is -1.17. The molecule has 1 aromatic rings. The normalized spacial score (nSPS) is 25.5. The lowest BCUT2D eigenvalue weighted by Crippen LogP contribution is -2.45. The molecule has 0 saturated carbocycles. The molecule has 4 nitrogen and oxygen atoms in total. The van der Waals surface area contributed by atoms with E-state index in [1.54, 1.807) is 19.2 Å². The fourth-order valence-corrected chi connectivity index (χ4v) is 3.76. The number of fused-ring (bicyclic) bond motifs is 4. The Bertz CT molecular complexity index is 482. The van der Waals surface area contributed by atoms with Gasteiger partial charge in [-0.2, -0.15) is 0 Å². The summed E-state index contributed by atoms with van der Waals surface area (Å²) in [5.74, 6) is 1.28. The molecule has 3 aliphatic heterocycles. The Morgan fingerprint density at radius 1 is 1.04 bits per heavy atom. The molecule has 5 heteroatoms. The third-order valence-corrected chi connectivity index (χ3v) is 4.98. The van der Waals surface area contributed by atoms with Crippen LogP contribution in [0.2, 0.25) is 0 Å². The molecule has 0 amide bonds. The first-order valence-electron chi connectivity index (χ1n) is 8.58. The molecule has 0 aliphatic carbocycles. The number of rotatable bonds is 7. The number of benzene rings is 1. The number of methoxy groups -OCH3 is 1. The van der Waals surface area contributed by atoms with Gasteiger partial charge in [0.05, 0.1) is 6.61 Å². The zero-order chi connectivity index (χ0) is 16.1. The highest BCUT2D eigenvalue weighted by Gasteiger charge is 2.34. The van der Waals surface area contributed by atoms with E-state index in [0.29, 0.717) is 12.6 Å². The summed E-state index contributed by atoms with van der Waals surface area (Å²) in [6.07, 6.45) is 2.63. The van der Waals surface area contributed by atoms with Crippen molar-refractivity contribution in [1.29, 1.82) is 0 Å². The molecule has 4 rings (SSSR count). The maximum absolute atomic E-state index is 12.9. The van der Waals surface area contributed by atoms with Crippen LogP contribution in [0.1, 0.15) is 12.8 Å². The number of halogens is 1. The van der Waals surface area contributed by atoms with E-state index in [-0.39, 0.29) is 5.82 Å². The van der Waals surface area contributed by atoms with E-state index >= 15 is 0 Å². The zero-order valence-electron chi connectivity index (χ0n) is 13.9. The molecular weight excluding hydrogens is 295 g/mol. The summed E-state index contributed by atoms with van der Waals surface area (Å²) in [6, 6.07) is 6.90. The lowest BCUT2D eigenvalue weighted by Gasteiger charge is -2.35. The first kappa shape index (κ1) is 16.7. The molecule has 3 saturated heterocycles. The van der Waals surface area contributed by atoms with Crippen LogP contribution in [0.3, 0.4) is 0 Å². The first-order chi connectivity index (χ1) is 11.2. The predicted molar refractivity (Wildman–Crippen MR) is 88.3 cm³/mol. The molecule has 1 aromatic carbocycles. The van der Waals surface area contributed by atoms with E-state index in [1.807, 2.05) is 0 Å². The summed E-state index contributed by atoms with van der Waals surface area (Å²) in [5.41, 5.74) is 0.